The lowest BCUT2D eigenvalue weighted by atomic mass is 10.1. The second-order valence-electron chi connectivity index (χ2n) is 4.50. The van der Waals surface area contributed by atoms with Gasteiger partial charge in [-0.05, 0) is 38.1 Å². The van der Waals surface area contributed by atoms with E-state index in [1.54, 1.807) is 0 Å². The van der Waals surface area contributed by atoms with Gasteiger partial charge in [0.15, 0.2) is 5.75 Å². The van der Waals surface area contributed by atoms with Gasteiger partial charge in [0, 0.05) is 6.07 Å². The van der Waals surface area contributed by atoms with E-state index in [4.69, 9.17) is 9.88 Å². The van der Waals surface area contributed by atoms with Crippen LogP contribution in [0.5, 0.6) is 5.75 Å². The van der Waals surface area contributed by atoms with E-state index in [1.165, 1.54) is 12.1 Å². The summed E-state index contributed by atoms with van der Waals surface area (Å²) in [6.07, 6.45) is 1.37. The predicted octanol–water partition coefficient (Wildman–Crippen LogP) is 0.373. The van der Waals surface area contributed by atoms with Gasteiger partial charge in [0.05, 0.1) is 9.82 Å². The molecule has 1 aliphatic heterocycles. The fourth-order valence-corrected chi connectivity index (χ4v) is 2.54. The molecule has 1 aliphatic rings. The van der Waals surface area contributed by atoms with Crippen LogP contribution >= 0.6 is 0 Å². The molecule has 9 heteroatoms. The lowest BCUT2D eigenvalue weighted by molar-refractivity contribution is -0.386. The zero-order valence-electron chi connectivity index (χ0n) is 10.6. The minimum absolute atomic E-state index is 0.0642. The quantitative estimate of drug-likeness (QED) is 0.611. The standard InChI is InChI=1S/C11H15N3O5S/c12-20(17,18)9-1-2-11(10(7-9)14(15)16)19-8-3-5-13-6-4-8/h1-2,7-8,13H,3-6H2,(H2,12,17,18). The Bertz CT molecular complexity index is 610. The van der Waals surface area contributed by atoms with Gasteiger partial charge < -0.3 is 10.1 Å². The van der Waals surface area contributed by atoms with E-state index in [0.717, 1.165) is 32.0 Å². The topological polar surface area (TPSA) is 125 Å². The minimum Gasteiger partial charge on any atom is -0.483 e. The Morgan fingerprint density at radius 3 is 2.55 bits per heavy atom. The molecule has 1 fully saturated rings. The summed E-state index contributed by atoms with van der Waals surface area (Å²) in [5.41, 5.74) is -0.393. The van der Waals surface area contributed by atoms with Crippen molar-refractivity contribution >= 4 is 15.7 Å². The van der Waals surface area contributed by atoms with E-state index in [9.17, 15) is 18.5 Å². The first-order valence-electron chi connectivity index (χ1n) is 6.06. The number of nitrogens with two attached hydrogens (primary N) is 1. The number of benzene rings is 1. The van der Waals surface area contributed by atoms with Gasteiger partial charge in [-0.1, -0.05) is 0 Å². The molecule has 0 amide bonds. The monoisotopic (exact) mass is 301 g/mol. The smallest absolute Gasteiger partial charge is 0.312 e. The average Bonchev–Trinajstić information content (AvgIpc) is 2.38. The van der Waals surface area contributed by atoms with E-state index < -0.39 is 20.6 Å². The van der Waals surface area contributed by atoms with Crippen LogP contribution in [-0.2, 0) is 10.0 Å². The molecule has 110 valence electrons. The summed E-state index contributed by atoms with van der Waals surface area (Å²) in [6.45, 7) is 1.57. The van der Waals surface area contributed by atoms with Crippen LogP contribution in [0.15, 0.2) is 23.1 Å². The molecule has 1 saturated heterocycles. The second-order valence-corrected chi connectivity index (χ2v) is 6.06. The number of piperidine rings is 1. The maximum Gasteiger partial charge on any atom is 0.312 e. The fourth-order valence-electron chi connectivity index (χ4n) is 2.01. The molecule has 1 heterocycles. The highest BCUT2D eigenvalue weighted by molar-refractivity contribution is 7.89. The van der Waals surface area contributed by atoms with Gasteiger partial charge in [-0.3, -0.25) is 10.1 Å². The van der Waals surface area contributed by atoms with Crippen molar-refractivity contribution in [2.75, 3.05) is 13.1 Å². The molecular weight excluding hydrogens is 286 g/mol. The van der Waals surface area contributed by atoms with Crippen molar-refractivity contribution in [2.45, 2.75) is 23.8 Å². The number of hydrogen-bond donors (Lipinski definition) is 2. The number of nitrogens with zero attached hydrogens (tertiary/aromatic N) is 1. The van der Waals surface area contributed by atoms with Gasteiger partial charge in [-0.25, -0.2) is 13.6 Å². The number of sulfonamides is 1. The Balaban J connectivity index is 2.30. The number of primary sulfonamides is 1. The molecule has 20 heavy (non-hydrogen) atoms. The molecule has 0 unspecified atom stereocenters. The van der Waals surface area contributed by atoms with Crippen LogP contribution in [0, 0.1) is 10.1 Å². The van der Waals surface area contributed by atoms with Crippen LogP contribution in [0.25, 0.3) is 0 Å². The van der Waals surface area contributed by atoms with Gasteiger partial charge in [0.1, 0.15) is 6.10 Å². The fraction of sp³-hybridized carbons (Fsp3) is 0.455. The summed E-state index contributed by atoms with van der Waals surface area (Å²) in [5.74, 6) is 0.0642. The largest absolute Gasteiger partial charge is 0.483 e. The first-order valence-corrected chi connectivity index (χ1v) is 7.61. The van der Waals surface area contributed by atoms with Crippen molar-refractivity contribution < 1.29 is 18.1 Å². The van der Waals surface area contributed by atoms with Crippen molar-refractivity contribution in [3.63, 3.8) is 0 Å². The molecular formula is C11H15N3O5S. The molecule has 0 aliphatic carbocycles. The predicted molar refractivity (Wildman–Crippen MR) is 71.0 cm³/mol. The Kier molecular flexibility index (Phi) is 4.21. The van der Waals surface area contributed by atoms with Crippen LogP contribution in [0.3, 0.4) is 0 Å². The summed E-state index contributed by atoms with van der Waals surface area (Å²) in [7, 11) is -3.98. The average molecular weight is 301 g/mol. The van der Waals surface area contributed by atoms with Crippen LogP contribution in [0.2, 0.25) is 0 Å². The molecule has 1 aromatic rings. The van der Waals surface area contributed by atoms with Crippen molar-refractivity contribution in [1.29, 1.82) is 0 Å². The first-order chi connectivity index (χ1) is 9.38. The summed E-state index contributed by atoms with van der Waals surface area (Å²) in [5, 5.41) is 19.1. The van der Waals surface area contributed by atoms with Crippen LogP contribution in [0.4, 0.5) is 5.69 Å². The number of rotatable bonds is 4. The Labute approximate surface area is 116 Å². The zero-order valence-corrected chi connectivity index (χ0v) is 11.4. The molecule has 0 radical (unpaired) electrons. The van der Waals surface area contributed by atoms with Crippen LogP contribution in [0.1, 0.15) is 12.8 Å². The highest BCUT2D eigenvalue weighted by atomic mass is 32.2. The minimum atomic E-state index is -3.98. The number of hydrogen-bond acceptors (Lipinski definition) is 6. The SMILES string of the molecule is NS(=O)(=O)c1ccc(OC2CCNCC2)c([N+](=O)[O-])c1. The Hall–Kier alpha value is -1.71. The molecule has 0 bridgehead atoms. The normalized spacial score (nSPS) is 16.9. The Morgan fingerprint density at radius 2 is 2.00 bits per heavy atom. The number of nitrogens with one attached hydrogen (secondary N) is 1. The van der Waals surface area contributed by atoms with E-state index in [0.29, 0.717) is 0 Å². The lowest BCUT2D eigenvalue weighted by Gasteiger charge is -2.23. The Morgan fingerprint density at radius 1 is 1.35 bits per heavy atom. The van der Waals surface area contributed by atoms with Crippen molar-refractivity contribution in [3.8, 4) is 5.75 Å². The van der Waals surface area contributed by atoms with Gasteiger partial charge in [0.2, 0.25) is 10.0 Å². The maximum atomic E-state index is 11.2. The third-order valence-electron chi connectivity index (χ3n) is 3.04. The first kappa shape index (κ1) is 14.7. The molecule has 1 aromatic carbocycles. The third-order valence-corrected chi connectivity index (χ3v) is 3.95. The zero-order chi connectivity index (χ0) is 14.8. The third kappa shape index (κ3) is 3.44. The van der Waals surface area contributed by atoms with Gasteiger partial charge >= 0.3 is 5.69 Å². The van der Waals surface area contributed by atoms with Gasteiger partial charge in [0.25, 0.3) is 0 Å². The molecule has 0 spiro atoms. The van der Waals surface area contributed by atoms with Crippen molar-refractivity contribution in [2.24, 2.45) is 5.14 Å². The van der Waals surface area contributed by atoms with E-state index >= 15 is 0 Å². The summed E-state index contributed by atoms with van der Waals surface area (Å²) >= 11 is 0. The summed E-state index contributed by atoms with van der Waals surface area (Å²) in [4.78, 5) is 10.0. The molecule has 2 rings (SSSR count). The molecule has 3 N–H and O–H groups in total. The highest BCUT2D eigenvalue weighted by Gasteiger charge is 2.23. The van der Waals surface area contributed by atoms with Crippen LogP contribution in [-0.4, -0.2) is 32.5 Å². The van der Waals surface area contributed by atoms with Gasteiger partial charge in [-0.15, -0.1) is 0 Å². The van der Waals surface area contributed by atoms with E-state index in [2.05, 4.69) is 5.32 Å². The number of ether oxygens (including phenoxy) is 1. The molecule has 0 aromatic heterocycles. The van der Waals surface area contributed by atoms with Crippen LogP contribution < -0.4 is 15.2 Å². The molecule has 8 nitrogen and oxygen atoms in total. The number of nitro benzene ring substituents is 1. The second kappa shape index (κ2) is 5.73. The van der Waals surface area contributed by atoms with E-state index in [-0.39, 0.29) is 16.7 Å². The summed E-state index contributed by atoms with van der Waals surface area (Å²) < 4.78 is 28.0. The highest BCUT2D eigenvalue weighted by Crippen LogP contribution is 2.31. The molecule has 0 atom stereocenters. The van der Waals surface area contributed by atoms with Crippen molar-refractivity contribution in [1.82, 2.24) is 5.32 Å². The maximum absolute atomic E-state index is 11.2. The lowest BCUT2D eigenvalue weighted by Crippen LogP contribution is -2.34. The summed E-state index contributed by atoms with van der Waals surface area (Å²) in [6, 6.07) is 3.41. The number of nitro groups is 1. The van der Waals surface area contributed by atoms with Crippen molar-refractivity contribution in [3.05, 3.63) is 28.3 Å². The van der Waals surface area contributed by atoms with Gasteiger partial charge in [-0.2, -0.15) is 0 Å². The van der Waals surface area contributed by atoms with E-state index in [1.807, 2.05) is 0 Å². The molecule has 0 saturated carbocycles.